The minimum Gasteiger partial charge on any atom is -0.488 e. The van der Waals surface area contributed by atoms with Gasteiger partial charge in [-0.2, -0.15) is 0 Å². The third-order valence-corrected chi connectivity index (χ3v) is 6.46. The number of fused-ring (bicyclic) bond motifs is 3. The van der Waals surface area contributed by atoms with Crippen LogP contribution in [0.4, 0.5) is 11.4 Å². The highest BCUT2D eigenvalue weighted by molar-refractivity contribution is 7.17. The van der Waals surface area contributed by atoms with Gasteiger partial charge in [-0.15, -0.1) is 11.3 Å². The fourth-order valence-corrected chi connectivity index (χ4v) is 4.51. The largest absolute Gasteiger partial charge is 0.488 e. The summed E-state index contributed by atoms with van der Waals surface area (Å²) in [5, 5.41) is 5.93. The Morgan fingerprint density at radius 2 is 1.90 bits per heavy atom. The number of nitrogens with one attached hydrogen (secondary N) is 2. The van der Waals surface area contributed by atoms with Crippen LogP contribution in [0.3, 0.4) is 0 Å². The van der Waals surface area contributed by atoms with Crippen LogP contribution < -0.4 is 15.4 Å². The van der Waals surface area contributed by atoms with Crippen molar-refractivity contribution in [3.05, 3.63) is 64.5 Å². The van der Waals surface area contributed by atoms with E-state index in [1.54, 1.807) is 0 Å². The monoisotopic (exact) mass is 404 g/mol. The molecule has 0 radical (unpaired) electrons. The molecule has 146 valence electrons. The van der Waals surface area contributed by atoms with Gasteiger partial charge in [0.2, 0.25) is 5.91 Å². The first kappa shape index (κ1) is 17.9. The molecule has 0 bridgehead atoms. The standard InChI is InChI=1S/C23H20N2O3S/c1-13-6-9-16(24-22(26)14-7-8-14)11-18(13)25-23(27)20-10-15-12-28-19-5-3-2-4-17(19)21(15)29-20/h2-6,9-11,14H,7-8,12H2,1H3,(H,24,26)(H,25,27). The number of amides is 2. The molecule has 1 aliphatic carbocycles. The van der Waals surface area contributed by atoms with Crippen molar-refractivity contribution in [1.29, 1.82) is 0 Å². The van der Waals surface area contributed by atoms with Crippen LogP contribution in [0.1, 0.15) is 33.6 Å². The summed E-state index contributed by atoms with van der Waals surface area (Å²) >= 11 is 1.48. The zero-order valence-electron chi connectivity index (χ0n) is 16.0. The molecular formula is C23H20N2O3S. The third kappa shape index (κ3) is 3.51. The average molecular weight is 404 g/mol. The fraction of sp³-hybridized carbons (Fsp3) is 0.217. The van der Waals surface area contributed by atoms with Crippen LogP contribution in [-0.4, -0.2) is 11.8 Å². The molecular weight excluding hydrogens is 384 g/mol. The van der Waals surface area contributed by atoms with E-state index in [1.807, 2.05) is 55.5 Å². The number of anilines is 2. The lowest BCUT2D eigenvalue weighted by Gasteiger charge is -2.16. The van der Waals surface area contributed by atoms with E-state index in [1.165, 1.54) is 11.3 Å². The van der Waals surface area contributed by atoms with Crippen molar-refractivity contribution in [3.63, 3.8) is 0 Å². The van der Waals surface area contributed by atoms with Crippen molar-refractivity contribution in [2.75, 3.05) is 10.6 Å². The van der Waals surface area contributed by atoms with E-state index in [2.05, 4.69) is 10.6 Å². The van der Waals surface area contributed by atoms with Gasteiger partial charge < -0.3 is 15.4 Å². The van der Waals surface area contributed by atoms with Gasteiger partial charge in [0.05, 0.1) is 4.88 Å². The molecule has 5 nitrogen and oxygen atoms in total. The summed E-state index contributed by atoms with van der Waals surface area (Å²) < 4.78 is 5.79. The maximum atomic E-state index is 12.9. The number of para-hydroxylation sites is 1. The lowest BCUT2D eigenvalue weighted by atomic mass is 10.1. The Hall–Kier alpha value is -3.12. The first-order chi connectivity index (χ1) is 14.1. The van der Waals surface area contributed by atoms with Gasteiger partial charge in [0.15, 0.2) is 0 Å². The smallest absolute Gasteiger partial charge is 0.265 e. The minimum absolute atomic E-state index is 0.0516. The van der Waals surface area contributed by atoms with Gasteiger partial charge in [0.25, 0.3) is 5.91 Å². The number of carbonyl (C=O) groups is 2. The first-order valence-electron chi connectivity index (χ1n) is 9.66. The van der Waals surface area contributed by atoms with Crippen LogP contribution in [0, 0.1) is 12.8 Å². The summed E-state index contributed by atoms with van der Waals surface area (Å²) in [5.41, 5.74) is 4.40. The highest BCUT2D eigenvalue weighted by atomic mass is 32.1. The van der Waals surface area contributed by atoms with Gasteiger partial charge in [0.1, 0.15) is 12.4 Å². The van der Waals surface area contributed by atoms with Crippen molar-refractivity contribution in [2.24, 2.45) is 5.92 Å². The molecule has 0 unspecified atom stereocenters. The van der Waals surface area contributed by atoms with Crippen molar-refractivity contribution >= 4 is 34.5 Å². The van der Waals surface area contributed by atoms with Gasteiger partial charge in [-0.25, -0.2) is 0 Å². The molecule has 2 heterocycles. The van der Waals surface area contributed by atoms with Crippen molar-refractivity contribution in [3.8, 4) is 16.2 Å². The van der Waals surface area contributed by atoms with E-state index in [-0.39, 0.29) is 17.7 Å². The molecule has 0 spiro atoms. The van der Waals surface area contributed by atoms with Crippen LogP contribution in [-0.2, 0) is 11.4 Å². The van der Waals surface area contributed by atoms with Gasteiger partial charge >= 0.3 is 0 Å². The fourth-order valence-electron chi connectivity index (χ4n) is 3.42. The first-order valence-corrected chi connectivity index (χ1v) is 10.5. The van der Waals surface area contributed by atoms with Gasteiger partial charge in [-0.3, -0.25) is 9.59 Å². The zero-order valence-corrected chi connectivity index (χ0v) is 16.8. The summed E-state index contributed by atoms with van der Waals surface area (Å²) in [6.07, 6.45) is 1.91. The Labute approximate surface area is 172 Å². The summed E-state index contributed by atoms with van der Waals surface area (Å²) in [6, 6.07) is 15.4. The molecule has 6 heteroatoms. The molecule has 3 aromatic rings. The van der Waals surface area contributed by atoms with Crippen LogP contribution in [0.15, 0.2) is 48.5 Å². The number of aryl methyl sites for hydroxylation is 1. The topological polar surface area (TPSA) is 67.4 Å². The normalized spacial score (nSPS) is 14.4. The molecule has 2 N–H and O–H groups in total. The zero-order chi connectivity index (χ0) is 20.0. The lowest BCUT2D eigenvalue weighted by Crippen LogP contribution is -2.15. The second-order valence-electron chi connectivity index (χ2n) is 7.50. The molecule has 1 aliphatic heterocycles. The molecule has 2 aromatic carbocycles. The molecule has 2 amide bonds. The number of benzene rings is 2. The molecule has 2 aliphatic rings. The van der Waals surface area contributed by atoms with E-state index >= 15 is 0 Å². The number of carbonyl (C=O) groups excluding carboxylic acids is 2. The van der Waals surface area contributed by atoms with Crippen molar-refractivity contribution in [1.82, 2.24) is 0 Å². The highest BCUT2D eigenvalue weighted by Gasteiger charge is 2.29. The van der Waals surface area contributed by atoms with Gasteiger partial charge in [0, 0.05) is 33.3 Å². The number of thiophene rings is 1. The predicted molar refractivity (Wildman–Crippen MR) is 115 cm³/mol. The number of rotatable bonds is 4. The molecule has 29 heavy (non-hydrogen) atoms. The second kappa shape index (κ2) is 7.04. The molecule has 0 saturated heterocycles. The average Bonchev–Trinajstić information content (AvgIpc) is 3.48. The van der Waals surface area contributed by atoms with E-state index in [4.69, 9.17) is 4.74 Å². The Bertz CT molecular complexity index is 1130. The minimum atomic E-state index is -0.157. The predicted octanol–water partition coefficient (Wildman–Crippen LogP) is 5.22. The van der Waals surface area contributed by atoms with Gasteiger partial charge in [-0.1, -0.05) is 18.2 Å². The van der Waals surface area contributed by atoms with Crippen LogP contribution in [0.5, 0.6) is 5.75 Å². The second-order valence-corrected chi connectivity index (χ2v) is 8.55. The Kier molecular flexibility index (Phi) is 4.36. The molecule has 0 atom stereocenters. The Morgan fingerprint density at radius 3 is 2.72 bits per heavy atom. The molecule has 5 rings (SSSR count). The van der Waals surface area contributed by atoms with Crippen molar-refractivity contribution in [2.45, 2.75) is 26.4 Å². The summed E-state index contributed by atoms with van der Waals surface area (Å²) in [5.74, 6) is 0.881. The van der Waals surface area contributed by atoms with Crippen LogP contribution in [0.25, 0.3) is 10.4 Å². The number of hydrogen-bond acceptors (Lipinski definition) is 4. The quantitative estimate of drug-likeness (QED) is 0.627. The summed E-state index contributed by atoms with van der Waals surface area (Å²) in [4.78, 5) is 26.7. The maximum absolute atomic E-state index is 12.9. The molecule has 1 aromatic heterocycles. The molecule has 1 fully saturated rings. The number of ether oxygens (including phenoxy) is 1. The van der Waals surface area contributed by atoms with E-state index in [0.29, 0.717) is 22.9 Å². The summed E-state index contributed by atoms with van der Waals surface area (Å²) in [6.45, 7) is 2.41. The van der Waals surface area contributed by atoms with E-state index < -0.39 is 0 Å². The third-order valence-electron chi connectivity index (χ3n) is 5.25. The van der Waals surface area contributed by atoms with E-state index in [0.717, 1.165) is 40.2 Å². The summed E-state index contributed by atoms with van der Waals surface area (Å²) in [7, 11) is 0. The Morgan fingerprint density at radius 1 is 1.07 bits per heavy atom. The van der Waals surface area contributed by atoms with Crippen LogP contribution >= 0.6 is 11.3 Å². The SMILES string of the molecule is Cc1ccc(NC(=O)C2CC2)cc1NC(=O)c1cc2c(s1)-c1ccccc1OC2. The van der Waals surface area contributed by atoms with E-state index in [9.17, 15) is 9.59 Å². The maximum Gasteiger partial charge on any atom is 0.265 e. The Balaban J connectivity index is 1.37. The highest BCUT2D eigenvalue weighted by Crippen LogP contribution is 2.42. The molecule has 1 saturated carbocycles. The lowest BCUT2D eigenvalue weighted by molar-refractivity contribution is -0.117. The van der Waals surface area contributed by atoms with Crippen LogP contribution in [0.2, 0.25) is 0 Å². The van der Waals surface area contributed by atoms with Gasteiger partial charge in [-0.05, 0) is 55.7 Å². The van der Waals surface area contributed by atoms with Crippen molar-refractivity contribution < 1.29 is 14.3 Å². The number of hydrogen-bond donors (Lipinski definition) is 2.